The molecule has 0 N–H and O–H groups in total. The number of nitrogens with zero attached hydrogens (tertiary/aromatic N) is 2. The Morgan fingerprint density at radius 2 is 1.31 bits per heavy atom. The van der Waals surface area contributed by atoms with E-state index >= 15 is 0 Å². The van der Waals surface area contributed by atoms with Gasteiger partial charge in [0.2, 0.25) is 0 Å². The topological polar surface area (TPSA) is 21.3 Å². The number of thiophene rings is 1. The first-order valence-corrected chi connectivity index (χ1v) is 19.2. The van der Waals surface area contributed by atoms with Crippen molar-refractivity contribution in [2.24, 2.45) is 0 Å². The molecule has 0 radical (unpaired) electrons. The van der Waals surface area contributed by atoms with Gasteiger partial charge >= 0.3 is 0 Å². The highest BCUT2D eigenvalue weighted by atomic mass is 79.9. The average molecular weight is 748 g/mol. The molecule has 3 heterocycles. The smallest absolute Gasteiger partial charge is 0.136 e. The second kappa shape index (κ2) is 11.6. The van der Waals surface area contributed by atoms with Crippen LogP contribution < -0.4 is 4.90 Å². The van der Waals surface area contributed by atoms with E-state index in [4.69, 9.17) is 4.42 Å². The van der Waals surface area contributed by atoms with Gasteiger partial charge < -0.3 is 13.9 Å². The molecule has 0 atom stereocenters. The molecule has 51 heavy (non-hydrogen) atoms. The fraction of sp³-hybridized carbons (Fsp3) is 0.174. The fourth-order valence-corrected chi connectivity index (χ4v) is 8.93. The lowest BCUT2D eigenvalue weighted by Gasteiger charge is -2.27. The number of aromatic nitrogens is 1. The van der Waals surface area contributed by atoms with Gasteiger partial charge in [-0.1, -0.05) is 96.1 Å². The zero-order valence-corrected chi connectivity index (χ0v) is 32.1. The summed E-state index contributed by atoms with van der Waals surface area (Å²) in [4.78, 5) is 2.44. The van der Waals surface area contributed by atoms with E-state index in [0.29, 0.717) is 0 Å². The Balaban J connectivity index is 1.30. The molecular formula is C46H39BrN2OS. The first kappa shape index (κ1) is 32.1. The Hall–Kier alpha value is -4.84. The molecule has 0 aliphatic carbocycles. The van der Waals surface area contributed by atoms with E-state index in [1.165, 1.54) is 32.3 Å². The summed E-state index contributed by atoms with van der Waals surface area (Å²) < 4.78 is 11.1. The molecule has 0 aliphatic rings. The number of hydrogen-bond acceptors (Lipinski definition) is 3. The molecule has 3 aromatic heterocycles. The second-order valence-electron chi connectivity index (χ2n) is 15.7. The van der Waals surface area contributed by atoms with Crippen LogP contribution in [0.3, 0.4) is 0 Å². The highest BCUT2D eigenvalue weighted by Gasteiger charge is 2.23. The lowest BCUT2D eigenvalue weighted by atomic mass is 9.86. The van der Waals surface area contributed by atoms with Crippen LogP contribution >= 0.6 is 27.3 Å². The SMILES string of the molecule is CC(C)(C)c1ccc(N(c2cccc(-n3c4cc5c(cc4c4cccc(Br)c43)oc3ccccc35)c2)c2csc3ccc(C(C)(C)C)cc23)cc1. The summed E-state index contributed by atoms with van der Waals surface area (Å²) in [6.07, 6.45) is 0. The van der Waals surface area contributed by atoms with Crippen LogP contribution in [0, 0.1) is 0 Å². The fourth-order valence-electron chi connectivity index (χ4n) is 7.47. The van der Waals surface area contributed by atoms with Crippen molar-refractivity contribution in [3.8, 4) is 5.69 Å². The largest absolute Gasteiger partial charge is 0.456 e. The van der Waals surface area contributed by atoms with Gasteiger partial charge in [0.15, 0.2) is 0 Å². The molecule has 0 fully saturated rings. The maximum Gasteiger partial charge on any atom is 0.136 e. The Kier molecular flexibility index (Phi) is 7.29. The van der Waals surface area contributed by atoms with Crippen LogP contribution in [-0.2, 0) is 10.8 Å². The third-order valence-electron chi connectivity index (χ3n) is 10.2. The van der Waals surface area contributed by atoms with Gasteiger partial charge in [0.25, 0.3) is 0 Å². The van der Waals surface area contributed by atoms with Crippen molar-refractivity contribution in [2.45, 2.75) is 52.4 Å². The summed E-state index contributed by atoms with van der Waals surface area (Å²) in [5, 5.41) is 8.18. The highest BCUT2D eigenvalue weighted by Crippen LogP contribution is 2.45. The van der Waals surface area contributed by atoms with Crippen molar-refractivity contribution in [3.05, 3.63) is 142 Å². The van der Waals surface area contributed by atoms with Crippen LogP contribution in [-0.4, -0.2) is 4.57 Å². The highest BCUT2D eigenvalue weighted by molar-refractivity contribution is 9.10. The lowest BCUT2D eigenvalue weighted by molar-refractivity contribution is 0.590. The Bertz CT molecular complexity index is 2790. The van der Waals surface area contributed by atoms with Gasteiger partial charge in [0, 0.05) is 58.5 Å². The van der Waals surface area contributed by atoms with Gasteiger partial charge in [-0.05, 0) is 105 Å². The molecule has 0 bridgehead atoms. The van der Waals surface area contributed by atoms with Crippen LogP contribution in [0.25, 0.3) is 59.5 Å². The van der Waals surface area contributed by atoms with Crippen LogP contribution in [0.5, 0.6) is 0 Å². The molecule has 5 heteroatoms. The third-order valence-corrected chi connectivity index (χ3v) is 11.8. The summed E-state index contributed by atoms with van der Waals surface area (Å²) in [6, 6.07) is 44.4. The van der Waals surface area contributed by atoms with Gasteiger partial charge in [-0.25, -0.2) is 0 Å². The number of benzene rings is 6. The van der Waals surface area contributed by atoms with Crippen LogP contribution in [0.15, 0.2) is 136 Å². The summed E-state index contributed by atoms with van der Waals surface area (Å²) in [5.74, 6) is 0. The predicted octanol–water partition coefficient (Wildman–Crippen LogP) is 14.7. The molecule has 0 amide bonds. The number of halogens is 1. The van der Waals surface area contributed by atoms with Gasteiger partial charge in [-0.2, -0.15) is 0 Å². The van der Waals surface area contributed by atoms with Crippen LogP contribution in [0.1, 0.15) is 52.7 Å². The van der Waals surface area contributed by atoms with Gasteiger partial charge in [-0.3, -0.25) is 0 Å². The molecule has 252 valence electrons. The Labute approximate surface area is 310 Å². The molecular weight excluding hydrogens is 708 g/mol. The maximum absolute atomic E-state index is 6.36. The molecule has 0 aliphatic heterocycles. The van der Waals surface area contributed by atoms with Crippen molar-refractivity contribution in [3.63, 3.8) is 0 Å². The molecule has 0 unspecified atom stereocenters. The summed E-state index contributed by atoms with van der Waals surface area (Å²) in [5.41, 5.74) is 11.4. The molecule has 0 saturated heterocycles. The minimum absolute atomic E-state index is 0.0438. The maximum atomic E-state index is 6.36. The van der Waals surface area contributed by atoms with E-state index < -0.39 is 0 Å². The lowest BCUT2D eigenvalue weighted by Crippen LogP contribution is -2.13. The molecule has 0 saturated carbocycles. The monoisotopic (exact) mass is 746 g/mol. The van der Waals surface area contributed by atoms with E-state index in [-0.39, 0.29) is 10.8 Å². The summed E-state index contributed by atoms with van der Waals surface area (Å²) >= 11 is 5.75. The van der Waals surface area contributed by atoms with Crippen molar-refractivity contribution in [1.29, 1.82) is 0 Å². The number of rotatable bonds is 4. The van der Waals surface area contributed by atoms with E-state index in [0.717, 1.165) is 59.9 Å². The standard InChI is InChI=1S/C46H39BrN2OS/c1-45(2,3)28-17-20-30(21-18-28)48(40-27-51-43-22-19-29(23-37(40)43)46(4,5)6)31-11-9-12-32(24-31)49-39-25-36-33-13-7-8-16-41(33)50-42(36)26-35(39)34-14-10-15-38(47)44(34)49/h7-27H,1-6H3. The number of para-hydroxylation sites is 2. The van der Waals surface area contributed by atoms with Gasteiger partial charge in [-0.15, -0.1) is 11.3 Å². The normalized spacial score (nSPS) is 12.6. The van der Waals surface area contributed by atoms with Crippen LogP contribution in [0.4, 0.5) is 17.1 Å². The zero-order chi connectivity index (χ0) is 35.2. The second-order valence-corrected chi connectivity index (χ2v) is 17.4. The van der Waals surface area contributed by atoms with E-state index in [9.17, 15) is 0 Å². The van der Waals surface area contributed by atoms with Crippen molar-refractivity contribution < 1.29 is 4.42 Å². The minimum Gasteiger partial charge on any atom is -0.456 e. The Morgan fingerprint density at radius 1 is 0.588 bits per heavy atom. The van der Waals surface area contributed by atoms with E-state index in [1.807, 2.05) is 12.1 Å². The molecule has 9 aromatic rings. The number of fused-ring (bicyclic) bond motifs is 7. The zero-order valence-electron chi connectivity index (χ0n) is 29.7. The van der Waals surface area contributed by atoms with Crippen molar-refractivity contribution in [1.82, 2.24) is 4.57 Å². The summed E-state index contributed by atoms with van der Waals surface area (Å²) in [7, 11) is 0. The average Bonchev–Trinajstić information content (AvgIpc) is 3.79. The predicted molar refractivity (Wildman–Crippen MR) is 223 cm³/mol. The van der Waals surface area contributed by atoms with Crippen LogP contribution in [0.2, 0.25) is 0 Å². The van der Waals surface area contributed by atoms with Crippen molar-refractivity contribution in [2.75, 3.05) is 4.90 Å². The van der Waals surface area contributed by atoms with Crippen molar-refractivity contribution >= 4 is 98.2 Å². The first-order valence-electron chi connectivity index (χ1n) is 17.5. The quantitative estimate of drug-likeness (QED) is 0.179. The first-order chi connectivity index (χ1) is 24.5. The number of furan rings is 1. The third kappa shape index (κ3) is 5.29. The molecule has 6 aromatic carbocycles. The number of anilines is 3. The van der Waals surface area contributed by atoms with Gasteiger partial charge in [0.1, 0.15) is 11.2 Å². The minimum atomic E-state index is 0.0438. The molecule has 0 spiro atoms. The number of hydrogen-bond donors (Lipinski definition) is 0. The van der Waals surface area contributed by atoms with Gasteiger partial charge in [0.05, 0.1) is 16.7 Å². The molecule has 3 nitrogen and oxygen atoms in total. The van der Waals surface area contributed by atoms with E-state index in [1.54, 1.807) is 11.3 Å². The van der Waals surface area contributed by atoms with E-state index in [2.05, 4.69) is 182 Å². The molecule has 9 rings (SSSR count). The summed E-state index contributed by atoms with van der Waals surface area (Å²) in [6.45, 7) is 13.7. The Morgan fingerprint density at radius 3 is 2.10 bits per heavy atom.